The summed E-state index contributed by atoms with van der Waals surface area (Å²) in [5.74, 6) is -0.157. The van der Waals surface area contributed by atoms with Crippen LogP contribution in [0, 0.1) is 10.8 Å². The Hall–Kier alpha value is -0.860. The quantitative estimate of drug-likeness (QED) is 0.537. The number of Topliss-reactive ketones (excluding diaryl/α,β-unsaturated/α-hetero) is 1. The molecule has 0 aliphatic rings. The van der Waals surface area contributed by atoms with Crippen LogP contribution >= 0.6 is 0 Å². The molecule has 18 heavy (non-hydrogen) atoms. The normalized spacial score (nSPS) is 12.3. The Morgan fingerprint density at radius 2 is 1.50 bits per heavy atom. The van der Waals surface area contributed by atoms with Crippen LogP contribution in [-0.2, 0) is 14.3 Å². The minimum absolute atomic E-state index is 0.106. The fourth-order valence-electron chi connectivity index (χ4n) is 1.45. The molecule has 0 saturated heterocycles. The first-order valence-electron chi connectivity index (χ1n) is 6.71. The van der Waals surface area contributed by atoms with Gasteiger partial charge in [-0.25, -0.2) is 0 Å². The molecule has 3 nitrogen and oxygen atoms in total. The van der Waals surface area contributed by atoms with Crippen molar-refractivity contribution in [2.75, 3.05) is 6.61 Å². The topological polar surface area (TPSA) is 43.4 Å². The number of esters is 1. The van der Waals surface area contributed by atoms with Crippen LogP contribution in [0.3, 0.4) is 0 Å². The maximum atomic E-state index is 11.6. The molecule has 3 heteroatoms. The highest BCUT2D eigenvalue weighted by molar-refractivity contribution is 5.86. The summed E-state index contributed by atoms with van der Waals surface area (Å²) in [6, 6.07) is 0. The third-order valence-electron chi connectivity index (χ3n) is 2.73. The molecule has 0 amide bonds. The van der Waals surface area contributed by atoms with Crippen LogP contribution in [0.5, 0.6) is 0 Å². The number of ketones is 1. The number of carbonyl (C=O) groups is 2. The molecular weight excluding hydrogens is 228 g/mol. The van der Waals surface area contributed by atoms with E-state index in [4.69, 9.17) is 4.74 Å². The second-order valence-corrected chi connectivity index (χ2v) is 7.06. The zero-order valence-electron chi connectivity index (χ0n) is 12.8. The summed E-state index contributed by atoms with van der Waals surface area (Å²) in [6.07, 6.45) is 2.39. The van der Waals surface area contributed by atoms with Crippen LogP contribution in [0.1, 0.15) is 67.2 Å². The maximum Gasteiger partial charge on any atom is 0.306 e. The summed E-state index contributed by atoms with van der Waals surface area (Å²) < 4.78 is 5.11. The molecule has 0 aromatic heterocycles. The number of rotatable bonds is 6. The van der Waals surface area contributed by atoms with Crippen LogP contribution in [0.25, 0.3) is 0 Å². The first-order valence-corrected chi connectivity index (χ1v) is 6.71. The zero-order chi connectivity index (χ0) is 14.4. The predicted molar refractivity (Wildman–Crippen MR) is 73.3 cm³/mol. The van der Waals surface area contributed by atoms with E-state index >= 15 is 0 Å². The molecule has 0 aromatic rings. The van der Waals surface area contributed by atoms with Crippen molar-refractivity contribution in [2.24, 2.45) is 10.8 Å². The molecule has 0 N–H and O–H groups in total. The van der Waals surface area contributed by atoms with E-state index in [2.05, 4.69) is 20.8 Å². The van der Waals surface area contributed by atoms with Gasteiger partial charge in [0.1, 0.15) is 5.78 Å². The van der Waals surface area contributed by atoms with E-state index in [0.717, 1.165) is 12.8 Å². The second-order valence-electron chi connectivity index (χ2n) is 7.06. The van der Waals surface area contributed by atoms with E-state index < -0.39 is 0 Å². The molecule has 106 valence electrons. The van der Waals surface area contributed by atoms with Gasteiger partial charge in [0, 0.05) is 11.8 Å². The molecule has 0 fully saturated rings. The summed E-state index contributed by atoms with van der Waals surface area (Å²) in [7, 11) is 0. The van der Waals surface area contributed by atoms with Gasteiger partial charge in [0.05, 0.1) is 13.0 Å². The lowest BCUT2D eigenvalue weighted by molar-refractivity contribution is -0.145. The summed E-state index contributed by atoms with van der Waals surface area (Å²) in [5, 5.41) is 0. The molecule has 0 atom stereocenters. The summed E-state index contributed by atoms with van der Waals surface area (Å²) >= 11 is 0. The predicted octanol–water partition coefficient (Wildman–Crippen LogP) is 3.75. The largest absolute Gasteiger partial charge is 0.466 e. The molecule has 0 radical (unpaired) electrons. The highest BCUT2D eigenvalue weighted by Gasteiger charge is 2.21. The molecule has 0 aliphatic carbocycles. The monoisotopic (exact) mass is 256 g/mol. The van der Waals surface area contributed by atoms with Gasteiger partial charge in [-0.05, 0) is 18.3 Å². The van der Waals surface area contributed by atoms with Crippen molar-refractivity contribution >= 4 is 11.8 Å². The zero-order valence-corrected chi connectivity index (χ0v) is 12.8. The standard InChI is InChI=1S/C15H28O3/c1-14(2,3)10-7-11-18-13(17)9-8-12(16)15(4,5)6/h7-11H2,1-6H3. The molecule has 0 rings (SSSR count). The van der Waals surface area contributed by atoms with Gasteiger partial charge in [-0.2, -0.15) is 0 Å². The number of hydrogen-bond donors (Lipinski definition) is 0. The summed E-state index contributed by atoms with van der Waals surface area (Å²) in [5.41, 5.74) is -0.0961. The van der Waals surface area contributed by atoms with E-state index in [1.54, 1.807) is 0 Å². The SMILES string of the molecule is CC(C)(C)CCCOC(=O)CCC(=O)C(C)(C)C. The third kappa shape index (κ3) is 9.20. The highest BCUT2D eigenvalue weighted by Crippen LogP contribution is 2.20. The lowest BCUT2D eigenvalue weighted by atomic mass is 9.88. The Labute approximate surface area is 111 Å². The van der Waals surface area contributed by atoms with Gasteiger partial charge in [0.15, 0.2) is 0 Å². The van der Waals surface area contributed by atoms with Crippen LogP contribution in [0.2, 0.25) is 0 Å². The molecule has 0 aromatic carbocycles. The fourth-order valence-corrected chi connectivity index (χ4v) is 1.45. The van der Waals surface area contributed by atoms with Gasteiger partial charge in [-0.3, -0.25) is 9.59 Å². The smallest absolute Gasteiger partial charge is 0.306 e. The van der Waals surface area contributed by atoms with E-state index in [-0.39, 0.29) is 35.4 Å². The molecule has 0 bridgehead atoms. The minimum Gasteiger partial charge on any atom is -0.466 e. The number of ether oxygens (including phenoxy) is 1. The Morgan fingerprint density at radius 3 is 1.94 bits per heavy atom. The van der Waals surface area contributed by atoms with E-state index in [9.17, 15) is 9.59 Å². The Morgan fingerprint density at radius 1 is 0.944 bits per heavy atom. The van der Waals surface area contributed by atoms with Crippen molar-refractivity contribution in [1.82, 2.24) is 0 Å². The Kier molecular flexibility index (Phi) is 6.58. The molecule has 0 aliphatic heterocycles. The third-order valence-corrected chi connectivity index (χ3v) is 2.73. The van der Waals surface area contributed by atoms with Crippen LogP contribution in [0.15, 0.2) is 0 Å². The van der Waals surface area contributed by atoms with Crippen molar-refractivity contribution in [3.8, 4) is 0 Å². The van der Waals surface area contributed by atoms with Crippen molar-refractivity contribution in [1.29, 1.82) is 0 Å². The van der Waals surface area contributed by atoms with Gasteiger partial charge in [0.2, 0.25) is 0 Å². The van der Waals surface area contributed by atoms with Crippen LogP contribution < -0.4 is 0 Å². The highest BCUT2D eigenvalue weighted by atomic mass is 16.5. The molecule has 0 unspecified atom stereocenters. The molecule has 0 spiro atoms. The average Bonchev–Trinajstić information content (AvgIpc) is 2.18. The lowest BCUT2D eigenvalue weighted by Crippen LogP contribution is -2.21. The first kappa shape index (κ1) is 17.1. The van der Waals surface area contributed by atoms with Crippen molar-refractivity contribution < 1.29 is 14.3 Å². The van der Waals surface area contributed by atoms with Crippen LogP contribution in [-0.4, -0.2) is 18.4 Å². The number of carbonyl (C=O) groups excluding carboxylic acids is 2. The van der Waals surface area contributed by atoms with Crippen molar-refractivity contribution in [2.45, 2.75) is 67.2 Å². The van der Waals surface area contributed by atoms with Gasteiger partial charge < -0.3 is 4.74 Å². The van der Waals surface area contributed by atoms with Crippen LogP contribution in [0.4, 0.5) is 0 Å². The van der Waals surface area contributed by atoms with E-state index in [1.807, 2.05) is 20.8 Å². The van der Waals surface area contributed by atoms with E-state index in [1.165, 1.54) is 0 Å². The first-order chi connectivity index (χ1) is 8.02. The van der Waals surface area contributed by atoms with Crippen molar-refractivity contribution in [3.05, 3.63) is 0 Å². The second kappa shape index (κ2) is 6.91. The average molecular weight is 256 g/mol. The maximum absolute atomic E-state index is 11.6. The Bertz CT molecular complexity index is 279. The summed E-state index contributed by atoms with van der Waals surface area (Å²) in [6.45, 7) is 12.5. The summed E-state index contributed by atoms with van der Waals surface area (Å²) in [4.78, 5) is 23.0. The number of hydrogen-bond acceptors (Lipinski definition) is 3. The minimum atomic E-state index is -0.369. The molecule has 0 heterocycles. The molecule has 0 saturated carbocycles. The van der Waals surface area contributed by atoms with Crippen molar-refractivity contribution in [3.63, 3.8) is 0 Å². The van der Waals surface area contributed by atoms with E-state index in [0.29, 0.717) is 6.61 Å². The fraction of sp³-hybridized carbons (Fsp3) is 0.867. The van der Waals surface area contributed by atoms with Gasteiger partial charge >= 0.3 is 5.97 Å². The van der Waals surface area contributed by atoms with Gasteiger partial charge in [-0.15, -0.1) is 0 Å². The van der Waals surface area contributed by atoms with Gasteiger partial charge in [0.25, 0.3) is 0 Å². The Balaban J connectivity index is 3.71. The molecular formula is C15H28O3. The van der Waals surface area contributed by atoms with Gasteiger partial charge in [-0.1, -0.05) is 41.5 Å². The lowest BCUT2D eigenvalue weighted by Gasteiger charge is -2.18.